The Hall–Kier alpha value is -3.69. The van der Waals surface area contributed by atoms with Gasteiger partial charge >= 0.3 is 0 Å². The molecule has 5 rings (SSSR count). The Morgan fingerprint density at radius 2 is 1.91 bits per heavy atom. The van der Waals surface area contributed by atoms with Crippen molar-refractivity contribution in [1.82, 2.24) is 19.5 Å². The number of fused-ring (bicyclic) bond motifs is 1. The Labute approximate surface area is 191 Å². The molecule has 0 unspecified atom stereocenters. The molecule has 1 fully saturated rings. The molecule has 9 heteroatoms. The molecule has 0 aliphatic carbocycles. The molecule has 9 nitrogen and oxygen atoms in total. The Morgan fingerprint density at radius 1 is 1.09 bits per heavy atom. The van der Waals surface area contributed by atoms with Crippen LogP contribution in [0.3, 0.4) is 0 Å². The Balaban J connectivity index is 1.39. The van der Waals surface area contributed by atoms with E-state index >= 15 is 0 Å². The summed E-state index contributed by atoms with van der Waals surface area (Å²) in [5, 5.41) is 12.9. The number of imidazole rings is 1. The maximum Gasteiger partial charge on any atom is 0.207 e. The highest BCUT2D eigenvalue weighted by atomic mass is 16.5. The molecule has 0 bridgehead atoms. The Kier molecular flexibility index (Phi) is 6.05. The monoisotopic (exact) mass is 446 g/mol. The van der Waals surface area contributed by atoms with E-state index in [2.05, 4.69) is 20.3 Å². The second-order valence-corrected chi connectivity index (χ2v) is 7.94. The molecule has 4 N–H and O–H groups in total. The minimum Gasteiger partial charge on any atom is -0.489 e. The van der Waals surface area contributed by atoms with E-state index in [9.17, 15) is 5.11 Å². The lowest BCUT2D eigenvalue weighted by molar-refractivity contribution is -0.0197. The van der Waals surface area contributed by atoms with Crippen molar-refractivity contribution < 1.29 is 14.6 Å². The first-order valence-corrected chi connectivity index (χ1v) is 11.0. The van der Waals surface area contributed by atoms with Crippen LogP contribution in [0.5, 0.6) is 5.75 Å². The quantitative estimate of drug-likeness (QED) is 0.377. The van der Waals surface area contributed by atoms with E-state index in [1.165, 1.54) is 6.33 Å². The number of hydrogen-bond donors (Lipinski definition) is 3. The second-order valence-electron chi connectivity index (χ2n) is 7.94. The van der Waals surface area contributed by atoms with E-state index < -0.39 is 0 Å². The SMILES string of the molecule is Nc1ncnc2c1nc(NCc1ccccc1OCc1ccccc1)n2[C@H]1CC[C@@H](CO)O1. The third kappa shape index (κ3) is 4.46. The van der Waals surface area contributed by atoms with Crippen molar-refractivity contribution in [2.75, 3.05) is 17.7 Å². The van der Waals surface area contributed by atoms with E-state index in [1.807, 2.05) is 59.2 Å². The van der Waals surface area contributed by atoms with Gasteiger partial charge in [-0.2, -0.15) is 0 Å². The van der Waals surface area contributed by atoms with Gasteiger partial charge in [0.15, 0.2) is 17.0 Å². The maximum absolute atomic E-state index is 9.50. The van der Waals surface area contributed by atoms with Gasteiger partial charge in [0.25, 0.3) is 0 Å². The summed E-state index contributed by atoms with van der Waals surface area (Å²) in [4.78, 5) is 13.1. The number of nitrogen functional groups attached to an aromatic ring is 1. The van der Waals surface area contributed by atoms with Crippen molar-refractivity contribution in [1.29, 1.82) is 0 Å². The van der Waals surface area contributed by atoms with Gasteiger partial charge in [-0.25, -0.2) is 15.0 Å². The number of nitrogens with zero attached hydrogens (tertiary/aromatic N) is 4. The molecule has 170 valence electrons. The molecule has 1 aliphatic heterocycles. The van der Waals surface area contributed by atoms with Crippen molar-refractivity contribution in [2.24, 2.45) is 0 Å². The minimum absolute atomic E-state index is 0.0187. The molecule has 33 heavy (non-hydrogen) atoms. The van der Waals surface area contributed by atoms with Gasteiger partial charge in [-0.1, -0.05) is 48.5 Å². The molecule has 0 radical (unpaired) electrons. The van der Waals surface area contributed by atoms with Gasteiger partial charge in [0.2, 0.25) is 5.95 Å². The number of ether oxygens (including phenoxy) is 2. The number of anilines is 2. The maximum atomic E-state index is 9.50. The summed E-state index contributed by atoms with van der Waals surface area (Å²) in [5.41, 5.74) is 9.28. The van der Waals surface area contributed by atoms with Gasteiger partial charge in [-0.05, 0) is 24.5 Å². The van der Waals surface area contributed by atoms with Gasteiger partial charge in [0.1, 0.15) is 24.9 Å². The molecule has 0 spiro atoms. The van der Waals surface area contributed by atoms with Gasteiger partial charge < -0.3 is 25.6 Å². The van der Waals surface area contributed by atoms with Gasteiger partial charge in [0.05, 0.1) is 12.7 Å². The van der Waals surface area contributed by atoms with Crippen LogP contribution in [0, 0.1) is 0 Å². The summed E-state index contributed by atoms with van der Waals surface area (Å²) in [5.74, 6) is 1.69. The molecule has 1 aliphatic rings. The van der Waals surface area contributed by atoms with Crippen molar-refractivity contribution in [2.45, 2.75) is 38.3 Å². The fourth-order valence-corrected chi connectivity index (χ4v) is 4.03. The van der Waals surface area contributed by atoms with Crippen LogP contribution in [-0.4, -0.2) is 37.3 Å². The number of nitrogens with two attached hydrogens (primary N) is 1. The van der Waals surface area contributed by atoms with Gasteiger partial charge in [-0.3, -0.25) is 4.57 Å². The number of rotatable bonds is 8. The average molecular weight is 447 g/mol. The number of para-hydroxylation sites is 1. The molecule has 4 aromatic rings. The number of aliphatic hydroxyl groups is 1. The average Bonchev–Trinajstić information content (AvgIpc) is 3.47. The number of benzene rings is 2. The topological polar surface area (TPSA) is 120 Å². The lowest BCUT2D eigenvalue weighted by Crippen LogP contribution is -2.17. The summed E-state index contributed by atoms with van der Waals surface area (Å²) in [6.45, 7) is 0.952. The third-order valence-corrected chi connectivity index (χ3v) is 5.73. The predicted molar refractivity (Wildman–Crippen MR) is 125 cm³/mol. The van der Waals surface area contributed by atoms with Crippen LogP contribution in [0.15, 0.2) is 60.9 Å². The Morgan fingerprint density at radius 3 is 2.73 bits per heavy atom. The largest absolute Gasteiger partial charge is 0.489 e. The first-order valence-electron chi connectivity index (χ1n) is 11.0. The van der Waals surface area contributed by atoms with Gasteiger partial charge in [-0.15, -0.1) is 0 Å². The lowest BCUT2D eigenvalue weighted by Gasteiger charge is -2.18. The predicted octanol–water partition coefficient (Wildman–Crippen LogP) is 3.27. The Bertz CT molecular complexity index is 1230. The summed E-state index contributed by atoms with van der Waals surface area (Å²) < 4.78 is 14.0. The lowest BCUT2D eigenvalue weighted by atomic mass is 10.2. The summed E-state index contributed by atoms with van der Waals surface area (Å²) in [6, 6.07) is 18.0. The molecule has 2 aromatic heterocycles. The van der Waals surface area contributed by atoms with Crippen LogP contribution in [0.25, 0.3) is 11.2 Å². The number of aliphatic hydroxyl groups excluding tert-OH is 1. The third-order valence-electron chi connectivity index (χ3n) is 5.73. The molecule has 2 atom stereocenters. The van der Waals surface area contributed by atoms with Crippen molar-refractivity contribution in [3.05, 3.63) is 72.1 Å². The summed E-state index contributed by atoms with van der Waals surface area (Å²) in [7, 11) is 0. The van der Waals surface area contributed by atoms with Crippen LogP contribution < -0.4 is 15.8 Å². The highest BCUT2D eigenvalue weighted by Gasteiger charge is 2.30. The fourth-order valence-electron chi connectivity index (χ4n) is 4.03. The number of aromatic nitrogens is 4. The van der Waals surface area contributed by atoms with Crippen molar-refractivity contribution in [3.8, 4) is 5.75 Å². The van der Waals surface area contributed by atoms with Crippen LogP contribution in [0.2, 0.25) is 0 Å². The zero-order chi connectivity index (χ0) is 22.6. The normalized spacial score (nSPS) is 18.0. The zero-order valence-electron chi connectivity index (χ0n) is 18.1. The molecule has 0 amide bonds. The van der Waals surface area contributed by atoms with E-state index in [0.717, 1.165) is 29.7 Å². The number of hydrogen-bond acceptors (Lipinski definition) is 8. The van der Waals surface area contributed by atoms with Crippen LogP contribution >= 0.6 is 0 Å². The standard InChI is InChI=1S/C24H26N6O3/c25-22-21-23(28-15-27-22)30(20-11-10-18(13-31)33-20)24(29-21)26-12-17-8-4-5-9-19(17)32-14-16-6-2-1-3-7-16/h1-9,15,18,20,31H,10-14H2,(H,26,29)(H2,25,27,28)/t18-,20+/m0/s1. The van der Waals surface area contributed by atoms with E-state index in [1.54, 1.807) is 0 Å². The van der Waals surface area contributed by atoms with Crippen LogP contribution in [-0.2, 0) is 17.9 Å². The molecule has 1 saturated heterocycles. The molecule has 3 heterocycles. The van der Waals surface area contributed by atoms with Crippen molar-refractivity contribution >= 4 is 22.9 Å². The minimum atomic E-state index is -0.298. The van der Waals surface area contributed by atoms with E-state index in [-0.39, 0.29) is 18.9 Å². The highest BCUT2D eigenvalue weighted by Crippen LogP contribution is 2.34. The molecular formula is C24H26N6O3. The van der Waals surface area contributed by atoms with Gasteiger partial charge in [0, 0.05) is 12.1 Å². The highest BCUT2D eigenvalue weighted by molar-refractivity contribution is 5.84. The first-order chi connectivity index (χ1) is 16.2. The molecular weight excluding hydrogens is 420 g/mol. The van der Waals surface area contributed by atoms with Crippen LogP contribution in [0.4, 0.5) is 11.8 Å². The van der Waals surface area contributed by atoms with Crippen molar-refractivity contribution in [3.63, 3.8) is 0 Å². The summed E-state index contributed by atoms with van der Waals surface area (Å²) in [6.07, 6.45) is 2.42. The summed E-state index contributed by atoms with van der Waals surface area (Å²) >= 11 is 0. The fraction of sp³-hybridized carbons (Fsp3) is 0.292. The van der Waals surface area contributed by atoms with E-state index in [4.69, 9.17) is 15.2 Å². The smallest absolute Gasteiger partial charge is 0.207 e. The molecule has 2 aromatic carbocycles. The first kappa shape index (κ1) is 21.2. The van der Waals surface area contributed by atoms with E-state index in [0.29, 0.717) is 36.1 Å². The second kappa shape index (κ2) is 9.43. The van der Waals surface area contributed by atoms with Crippen LogP contribution in [0.1, 0.15) is 30.2 Å². The number of nitrogens with one attached hydrogen (secondary N) is 1. The molecule has 0 saturated carbocycles. The zero-order valence-corrected chi connectivity index (χ0v) is 18.1.